The van der Waals surface area contributed by atoms with E-state index in [1.165, 1.54) is 11.3 Å². The number of hydrogen-bond donors (Lipinski definition) is 0. The highest BCUT2D eigenvalue weighted by molar-refractivity contribution is 6.50. The Kier molecular flexibility index (Phi) is 6.90. The van der Waals surface area contributed by atoms with Crippen LogP contribution < -0.4 is 4.57 Å². The summed E-state index contributed by atoms with van der Waals surface area (Å²) in [5, 5.41) is 1.50. The molecule has 0 saturated carbocycles. The summed E-state index contributed by atoms with van der Waals surface area (Å²) in [5.74, 6) is 0. The largest absolute Gasteiger partial charge is 0.673 e. The van der Waals surface area contributed by atoms with Crippen LogP contribution in [0.1, 0.15) is 5.69 Å². The summed E-state index contributed by atoms with van der Waals surface area (Å²) in [5.41, 5.74) is 5.82. The first-order valence-electron chi connectivity index (χ1n) is 7.94. The fourth-order valence-electron chi connectivity index (χ4n) is 2.50. The van der Waals surface area contributed by atoms with Gasteiger partial charge in [-0.15, -0.1) is 0 Å². The van der Waals surface area contributed by atoms with Gasteiger partial charge in [0.2, 0.25) is 5.69 Å². The Balaban J connectivity index is 0.000000465. The van der Waals surface area contributed by atoms with E-state index in [4.69, 9.17) is 23.2 Å². The highest BCUT2D eigenvalue weighted by Gasteiger charge is 2.20. The van der Waals surface area contributed by atoms with Gasteiger partial charge in [0.25, 0.3) is 0 Å². The van der Waals surface area contributed by atoms with Gasteiger partial charge in [0.1, 0.15) is 7.05 Å². The minimum Gasteiger partial charge on any atom is -0.418 e. The third-order valence-corrected chi connectivity index (χ3v) is 4.37. The fraction of sp³-hybridized carbons (Fsp3) is 0.105. The molecule has 0 atom stereocenters. The van der Waals surface area contributed by atoms with E-state index in [0.29, 0.717) is 0 Å². The van der Waals surface area contributed by atoms with E-state index < -0.39 is 7.25 Å². The Morgan fingerprint density at radius 2 is 1.11 bits per heavy atom. The van der Waals surface area contributed by atoms with E-state index in [1.807, 2.05) is 48.5 Å². The molecule has 0 spiro atoms. The van der Waals surface area contributed by atoms with Gasteiger partial charge in [-0.05, 0) is 47.5 Å². The lowest BCUT2D eigenvalue weighted by Gasteiger charge is -2.08. The van der Waals surface area contributed by atoms with Crippen molar-refractivity contribution in [3.05, 3.63) is 76.4 Å². The molecule has 0 aliphatic heterocycles. The minimum atomic E-state index is -6.00. The first-order chi connectivity index (χ1) is 12.5. The molecule has 0 aliphatic carbocycles. The SMILES string of the molecule is Cc1cc(-c2ccc(Cl)cc2)cc(-c2ccc(Cl)cc2)[n+]1C.F[B-](F)(F)F. The number of hydrogen-bond acceptors (Lipinski definition) is 0. The second-order valence-electron chi connectivity index (χ2n) is 5.84. The molecule has 8 heteroatoms. The molecule has 142 valence electrons. The lowest BCUT2D eigenvalue weighted by atomic mass is 10.0. The number of halogens is 6. The molecule has 0 aliphatic rings. The summed E-state index contributed by atoms with van der Waals surface area (Å²) in [6.07, 6.45) is 0. The number of aryl methyl sites for hydroxylation is 1. The van der Waals surface area contributed by atoms with E-state index >= 15 is 0 Å². The molecule has 1 heterocycles. The van der Waals surface area contributed by atoms with Crippen LogP contribution in [0.5, 0.6) is 0 Å². The molecule has 3 aromatic rings. The van der Waals surface area contributed by atoms with E-state index in [1.54, 1.807) is 0 Å². The molecule has 0 radical (unpaired) electrons. The molecule has 0 unspecified atom stereocenters. The molecule has 0 N–H and O–H groups in total. The quantitative estimate of drug-likeness (QED) is 0.247. The van der Waals surface area contributed by atoms with E-state index in [9.17, 15) is 17.3 Å². The third kappa shape index (κ3) is 6.56. The zero-order chi connectivity index (χ0) is 20.2. The molecular weight excluding hydrogens is 400 g/mol. The van der Waals surface area contributed by atoms with E-state index in [0.717, 1.165) is 26.9 Å². The van der Waals surface area contributed by atoms with Gasteiger partial charge >= 0.3 is 7.25 Å². The first-order valence-corrected chi connectivity index (χ1v) is 8.70. The normalized spacial score (nSPS) is 11.0. The molecule has 0 fully saturated rings. The van der Waals surface area contributed by atoms with Gasteiger partial charge in [-0.25, -0.2) is 0 Å². The molecule has 1 nitrogen and oxygen atoms in total. The smallest absolute Gasteiger partial charge is 0.418 e. The first kappa shape index (κ1) is 21.3. The van der Waals surface area contributed by atoms with Gasteiger partial charge in [0, 0.05) is 34.7 Å². The van der Waals surface area contributed by atoms with Gasteiger partial charge in [-0.2, -0.15) is 4.57 Å². The van der Waals surface area contributed by atoms with Crippen molar-refractivity contribution in [1.29, 1.82) is 0 Å². The van der Waals surface area contributed by atoms with Crippen LogP contribution >= 0.6 is 23.2 Å². The average Bonchev–Trinajstić information content (AvgIpc) is 2.57. The zero-order valence-corrected chi connectivity index (χ0v) is 16.1. The second-order valence-corrected chi connectivity index (χ2v) is 6.71. The number of benzene rings is 2. The highest BCUT2D eigenvalue weighted by atomic mass is 35.5. The topological polar surface area (TPSA) is 3.88 Å². The summed E-state index contributed by atoms with van der Waals surface area (Å²) >= 11 is 12.0. The number of rotatable bonds is 2. The Morgan fingerprint density at radius 3 is 1.56 bits per heavy atom. The summed E-state index contributed by atoms with van der Waals surface area (Å²) in [6.45, 7) is 2.11. The van der Waals surface area contributed by atoms with Gasteiger partial charge in [0.05, 0.1) is 0 Å². The molecule has 3 rings (SSSR count). The number of aromatic nitrogens is 1. The second kappa shape index (κ2) is 8.76. The van der Waals surface area contributed by atoms with Crippen molar-refractivity contribution in [2.45, 2.75) is 6.92 Å². The van der Waals surface area contributed by atoms with Gasteiger partial charge in [0.15, 0.2) is 5.69 Å². The maximum atomic E-state index is 9.75. The maximum Gasteiger partial charge on any atom is 0.673 e. The molecular formula is C19H16BCl2F4N. The predicted molar refractivity (Wildman–Crippen MR) is 103 cm³/mol. The van der Waals surface area contributed by atoms with Crippen molar-refractivity contribution >= 4 is 30.5 Å². The van der Waals surface area contributed by atoms with Crippen molar-refractivity contribution in [1.82, 2.24) is 0 Å². The Bertz CT molecular complexity index is 905. The lowest BCUT2D eigenvalue weighted by molar-refractivity contribution is -0.666. The molecule has 1 aromatic heterocycles. The molecule has 0 amide bonds. The Hall–Kier alpha value is -2.05. The predicted octanol–water partition coefficient (Wildman–Crippen LogP) is 6.76. The Morgan fingerprint density at radius 1 is 0.704 bits per heavy atom. The average molecular weight is 416 g/mol. The van der Waals surface area contributed by atoms with Crippen molar-refractivity contribution < 1.29 is 21.8 Å². The van der Waals surface area contributed by atoms with Crippen LogP contribution in [-0.2, 0) is 7.05 Å². The van der Waals surface area contributed by atoms with Crippen LogP contribution in [0, 0.1) is 6.92 Å². The summed E-state index contributed by atoms with van der Waals surface area (Å²) in [4.78, 5) is 0. The van der Waals surface area contributed by atoms with Crippen LogP contribution in [0.4, 0.5) is 17.3 Å². The highest BCUT2D eigenvalue weighted by Crippen LogP contribution is 2.26. The summed E-state index contributed by atoms with van der Waals surface area (Å²) in [6, 6.07) is 20.2. The van der Waals surface area contributed by atoms with Gasteiger partial charge in [-0.3, -0.25) is 0 Å². The minimum absolute atomic E-state index is 0.747. The molecule has 0 bridgehead atoms. The van der Waals surface area contributed by atoms with Crippen LogP contribution in [0.3, 0.4) is 0 Å². The van der Waals surface area contributed by atoms with Crippen LogP contribution in [0.2, 0.25) is 10.0 Å². The van der Waals surface area contributed by atoms with Crippen molar-refractivity contribution in [2.75, 3.05) is 0 Å². The van der Waals surface area contributed by atoms with Crippen LogP contribution in [0.25, 0.3) is 22.4 Å². The number of nitrogens with zero attached hydrogens (tertiary/aromatic N) is 1. The van der Waals surface area contributed by atoms with E-state index in [2.05, 4.69) is 30.7 Å². The monoisotopic (exact) mass is 415 g/mol. The van der Waals surface area contributed by atoms with E-state index in [-0.39, 0.29) is 0 Å². The third-order valence-electron chi connectivity index (χ3n) is 3.86. The summed E-state index contributed by atoms with van der Waals surface area (Å²) < 4.78 is 41.2. The van der Waals surface area contributed by atoms with Crippen molar-refractivity contribution in [3.8, 4) is 22.4 Å². The standard InChI is InChI=1S/C19H16Cl2N.BF4/c1-13-11-16(14-3-7-17(20)8-4-14)12-19(22(13)2)15-5-9-18(21)10-6-15;2-1(3,4)5/h3-12H,1-2H3;/q+1;-1. The van der Waals surface area contributed by atoms with Crippen LogP contribution in [-0.4, -0.2) is 7.25 Å². The number of pyridine rings is 1. The Labute approximate surface area is 165 Å². The summed E-state index contributed by atoms with van der Waals surface area (Å²) in [7, 11) is -3.93. The molecule has 2 aromatic carbocycles. The van der Waals surface area contributed by atoms with Gasteiger partial charge < -0.3 is 17.3 Å². The fourth-order valence-corrected chi connectivity index (χ4v) is 2.76. The zero-order valence-electron chi connectivity index (χ0n) is 14.6. The van der Waals surface area contributed by atoms with Gasteiger partial charge in [-0.1, -0.05) is 35.3 Å². The maximum absolute atomic E-state index is 9.75. The lowest BCUT2D eigenvalue weighted by Crippen LogP contribution is -2.34. The molecule has 0 saturated heterocycles. The van der Waals surface area contributed by atoms with Crippen molar-refractivity contribution in [3.63, 3.8) is 0 Å². The molecule has 27 heavy (non-hydrogen) atoms. The van der Waals surface area contributed by atoms with Crippen LogP contribution in [0.15, 0.2) is 60.7 Å². The van der Waals surface area contributed by atoms with Crippen molar-refractivity contribution in [2.24, 2.45) is 7.05 Å².